The maximum absolute atomic E-state index is 12.7. The van der Waals surface area contributed by atoms with Crippen LogP contribution in [0.15, 0.2) is 16.3 Å². The molecule has 0 radical (unpaired) electrons. The van der Waals surface area contributed by atoms with Gasteiger partial charge in [-0.05, 0) is 38.8 Å². The molecule has 9 nitrogen and oxygen atoms in total. The molecule has 174 valence electrons. The van der Waals surface area contributed by atoms with Gasteiger partial charge in [0.1, 0.15) is 4.21 Å². The summed E-state index contributed by atoms with van der Waals surface area (Å²) in [7, 11) is -3.51. The summed E-state index contributed by atoms with van der Waals surface area (Å²) >= 11 is 1.18. The van der Waals surface area contributed by atoms with Gasteiger partial charge < -0.3 is 19.9 Å². The molecular formula is C20H32N4O5S2. The number of likely N-dealkylation sites (tertiary alicyclic amines) is 1. The van der Waals surface area contributed by atoms with E-state index in [1.165, 1.54) is 15.6 Å². The summed E-state index contributed by atoms with van der Waals surface area (Å²) in [5.41, 5.74) is 0. The number of hydrogen-bond donors (Lipinski definition) is 1. The molecule has 0 unspecified atom stereocenters. The van der Waals surface area contributed by atoms with E-state index in [4.69, 9.17) is 4.74 Å². The fourth-order valence-electron chi connectivity index (χ4n) is 3.90. The van der Waals surface area contributed by atoms with Crippen LogP contribution >= 0.6 is 11.3 Å². The van der Waals surface area contributed by atoms with Crippen molar-refractivity contribution >= 4 is 33.3 Å². The topological polar surface area (TPSA) is 99.3 Å². The van der Waals surface area contributed by atoms with Crippen molar-refractivity contribution in [2.75, 3.05) is 52.5 Å². The molecule has 1 N–H and O–H groups in total. The third-order valence-corrected chi connectivity index (χ3v) is 9.27. The molecule has 2 saturated heterocycles. The van der Waals surface area contributed by atoms with Gasteiger partial charge in [0, 0.05) is 50.1 Å². The van der Waals surface area contributed by atoms with Crippen molar-refractivity contribution in [2.24, 2.45) is 5.92 Å². The molecule has 0 aliphatic carbocycles. The van der Waals surface area contributed by atoms with E-state index in [9.17, 15) is 18.0 Å². The Hall–Kier alpha value is -1.69. The van der Waals surface area contributed by atoms with Crippen LogP contribution in [0.4, 0.5) is 4.79 Å². The van der Waals surface area contributed by atoms with Crippen LogP contribution in [-0.2, 0) is 26.1 Å². The van der Waals surface area contributed by atoms with Crippen LogP contribution in [0.25, 0.3) is 0 Å². The van der Waals surface area contributed by atoms with E-state index in [0.717, 1.165) is 4.88 Å². The van der Waals surface area contributed by atoms with Crippen molar-refractivity contribution in [3.05, 3.63) is 17.0 Å². The molecular weight excluding hydrogens is 440 g/mol. The van der Waals surface area contributed by atoms with Gasteiger partial charge >= 0.3 is 6.03 Å². The number of nitrogens with zero attached hydrogens (tertiary/aromatic N) is 3. The Kier molecular flexibility index (Phi) is 8.31. The lowest BCUT2D eigenvalue weighted by Gasteiger charge is -2.33. The molecule has 2 aliphatic rings. The minimum absolute atomic E-state index is 0.0193. The highest BCUT2D eigenvalue weighted by molar-refractivity contribution is 7.91. The van der Waals surface area contributed by atoms with E-state index >= 15 is 0 Å². The molecule has 0 atom stereocenters. The first-order valence-electron chi connectivity index (χ1n) is 10.8. The number of carbonyl (C=O) groups is 2. The van der Waals surface area contributed by atoms with Crippen LogP contribution < -0.4 is 5.32 Å². The Morgan fingerprint density at radius 3 is 2.39 bits per heavy atom. The van der Waals surface area contributed by atoms with Crippen molar-refractivity contribution < 1.29 is 22.7 Å². The zero-order valence-corrected chi connectivity index (χ0v) is 19.8. The number of amides is 3. The predicted octanol–water partition coefficient (Wildman–Crippen LogP) is 1.56. The van der Waals surface area contributed by atoms with Gasteiger partial charge in [-0.15, -0.1) is 11.3 Å². The summed E-state index contributed by atoms with van der Waals surface area (Å²) in [6.07, 6.45) is 1.34. The summed E-state index contributed by atoms with van der Waals surface area (Å²) in [4.78, 5) is 29.4. The number of carbonyl (C=O) groups excluding carboxylic acids is 2. The maximum atomic E-state index is 12.7. The van der Waals surface area contributed by atoms with E-state index in [-0.39, 0.29) is 28.6 Å². The molecule has 0 aromatic carbocycles. The van der Waals surface area contributed by atoms with Crippen LogP contribution in [0.1, 0.15) is 31.6 Å². The van der Waals surface area contributed by atoms with Gasteiger partial charge in [-0.25, -0.2) is 13.2 Å². The lowest BCUT2D eigenvalue weighted by Crippen LogP contribution is -2.47. The lowest BCUT2D eigenvalue weighted by atomic mass is 9.95. The quantitative estimate of drug-likeness (QED) is 0.649. The summed E-state index contributed by atoms with van der Waals surface area (Å²) in [5, 5.41) is 2.88. The normalized spacial score (nSPS) is 18.7. The summed E-state index contributed by atoms with van der Waals surface area (Å²) < 4.78 is 32.4. The second-order valence-corrected chi connectivity index (χ2v) is 11.0. The number of urea groups is 1. The molecule has 3 amide bonds. The predicted molar refractivity (Wildman–Crippen MR) is 118 cm³/mol. The van der Waals surface area contributed by atoms with Gasteiger partial charge in [0.25, 0.3) is 10.0 Å². The third kappa shape index (κ3) is 5.76. The molecule has 0 saturated carbocycles. The number of sulfonamides is 1. The molecule has 1 aromatic heterocycles. The van der Waals surface area contributed by atoms with Crippen LogP contribution in [0, 0.1) is 5.92 Å². The number of hydrogen-bond acceptors (Lipinski definition) is 6. The van der Waals surface area contributed by atoms with Crippen molar-refractivity contribution in [1.29, 1.82) is 0 Å². The highest BCUT2D eigenvalue weighted by atomic mass is 32.2. The minimum atomic E-state index is -3.51. The molecule has 3 heterocycles. The number of thiophene rings is 1. The van der Waals surface area contributed by atoms with Crippen molar-refractivity contribution in [3.8, 4) is 0 Å². The first-order valence-corrected chi connectivity index (χ1v) is 13.1. The second-order valence-electron chi connectivity index (χ2n) is 7.67. The van der Waals surface area contributed by atoms with E-state index in [1.54, 1.807) is 17.0 Å². The summed E-state index contributed by atoms with van der Waals surface area (Å²) in [5.74, 6) is 0.159. The number of rotatable bonds is 7. The lowest BCUT2D eigenvalue weighted by molar-refractivity contribution is -0.136. The van der Waals surface area contributed by atoms with Gasteiger partial charge in [-0.3, -0.25) is 4.79 Å². The molecule has 3 rings (SSSR count). The standard InChI is InChI=1S/C20H32N4O5S2/c1-3-22(4-2)19(25)16-7-9-23(10-8-16)20(26)21-15-17-5-6-18(30-17)31(27,28)24-11-13-29-14-12-24/h5-6,16H,3-4,7-15H2,1-2H3,(H,21,26). The third-order valence-electron chi connectivity index (χ3n) is 5.82. The Bertz CT molecular complexity index is 855. The Balaban J connectivity index is 1.48. The maximum Gasteiger partial charge on any atom is 0.317 e. The van der Waals surface area contributed by atoms with Gasteiger partial charge in [-0.1, -0.05) is 0 Å². The van der Waals surface area contributed by atoms with Crippen molar-refractivity contribution in [3.63, 3.8) is 0 Å². The zero-order chi connectivity index (χ0) is 22.4. The zero-order valence-electron chi connectivity index (χ0n) is 18.2. The number of ether oxygens (including phenoxy) is 1. The summed E-state index contributed by atoms with van der Waals surface area (Å²) in [6, 6.07) is 3.16. The summed E-state index contributed by atoms with van der Waals surface area (Å²) in [6.45, 7) is 8.28. The molecule has 0 bridgehead atoms. The van der Waals surface area contributed by atoms with E-state index in [2.05, 4.69) is 5.32 Å². The van der Waals surface area contributed by atoms with Crippen LogP contribution in [0.2, 0.25) is 0 Å². The molecule has 1 aromatic rings. The van der Waals surface area contributed by atoms with Gasteiger partial charge in [0.15, 0.2) is 0 Å². The van der Waals surface area contributed by atoms with E-state index < -0.39 is 10.0 Å². The van der Waals surface area contributed by atoms with Crippen LogP contribution in [-0.4, -0.2) is 86.9 Å². The monoisotopic (exact) mass is 472 g/mol. The smallest absolute Gasteiger partial charge is 0.317 e. The second kappa shape index (κ2) is 10.8. The number of nitrogens with one attached hydrogen (secondary N) is 1. The fourth-order valence-corrected chi connectivity index (χ4v) is 6.76. The van der Waals surface area contributed by atoms with Gasteiger partial charge in [0.2, 0.25) is 5.91 Å². The van der Waals surface area contributed by atoms with E-state index in [1.807, 2.05) is 18.7 Å². The highest BCUT2D eigenvalue weighted by Crippen LogP contribution is 2.26. The largest absolute Gasteiger partial charge is 0.379 e. The number of morpholine rings is 1. The molecule has 0 spiro atoms. The van der Waals surface area contributed by atoms with Crippen molar-refractivity contribution in [1.82, 2.24) is 19.4 Å². The van der Waals surface area contributed by atoms with E-state index in [0.29, 0.717) is 65.3 Å². The van der Waals surface area contributed by atoms with Crippen molar-refractivity contribution in [2.45, 2.75) is 37.4 Å². The Morgan fingerprint density at radius 1 is 1.13 bits per heavy atom. The SMILES string of the molecule is CCN(CC)C(=O)C1CCN(C(=O)NCc2ccc(S(=O)(=O)N3CCOCC3)s2)CC1. The first-order chi connectivity index (χ1) is 14.9. The molecule has 2 aliphatic heterocycles. The Morgan fingerprint density at radius 2 is 1.77 bits per heavy atom. The highest BCUT2D eigenvalue weighted by Gasteiger charge is 2.30. The average Bonchev–Trinajstić information content (AvgIpc) is 3.29. The molecule has 31 heavy (non-hydrogen) atoms. The first kappa shape index (κ1) is 24.0. The van der Waals surface area contributed by atoms with Crippen LogP contribution in [0.5, 0.6) is 0 Å². The average molecular weight is 473 g/mol. The molecule has 2 fully saturated rings. The fraction of sp³-hybridized carbons (Fsp3) is 0.700. The van der Waals surface area contributed by atoms with Crippen LogP contribution in [0.3, 0.4) is 0 Å². The Labute approximate surface area is 188 Å². The minimum Gasteiger partial charge on any atom is -0.379 e. The number of piperidine rings is 1. The van der Waals surface area contributed by atoms with Gasteiger partial charge in [-0.2, -0.15) is 4.31 Å². The van der Waals surface area contributed by atoms with Gasteiger partial charge in [0.05, 0.1) is 19.8 Å². The molecule has 11 heteroatoms.